The topological polar surface area (TPSA) is 63.2 Å². The molecule has 128 valence electrons. The number of ether oxygens (including phenoxy) is 1. The van der Waals surface area contributed by atoms with Crippen molar-refractivity contribution in [3.63, 3.8) is 0 Å². The second kappa shape index (κ2) is 8.29. The largest absolute Gasteiger partial charge is 0.459 e. The molecule has 1 aliphatic heterocycles. The van der Waals surface area contributed by atoms with E-state index in [1.807, 2.05) is 20.8 Å². The first kappa shape index (κ1) is 17.7. The van der Waals surface area contributed by atoms with Crippen molar-refractivity contribution in [2.45, 2.75) is 58.5 Å². The maximum atomic E-state index is 11.5. The van der Waals surface area contributed by atoms with Gasteiger partial charge in [0.25, 0.3) is 0 Å². The predicted octanol–water partition coefficient (Wildman–Crippen LogP) is 2.69. The Morgan fingerprint density at radius 1 is 1.35 bits per heavy atom. The zero-order valence-corrected chi connectivity index (χ0v) is 14.6. The van der Waals surface area contributed by atoms with Crippen molar-refractivity contribution in [3.05, 3.63) is 23.4 Å². The van der Waals surface area contributed by atoms with E-state index in [1.165, 1.54) is 12.0 Å². The lowest BCUT2D eigenvalue weighted by molar-refractivity contribution is -0.153. The molecule has 1 aromatic rings. The number of pyridine rings is 1. The Bertz CT molecular complexity index is 523. The van der Waals surface area contributed by atoms with Crippen molar-refractivity contribution in [1.82, 2.24) is 10.3 Å². The first-order valence-corrected chi connectivity index (χ1v) is 8.59. The Morgan fingerprint density at radius 2 is 2.17 bits per heavy atom. The van der Waals surface area contributed by atoms with E-state index in [0.717, 1.165) is 50.3 Å². The monoisotopic (exact) mass is 319 g/mol. The highest BCUT2D eigenvalue weighted by Crippen LogP contribution is 2.20. The van der Waals surface area contributed by atoms with Crippen molar-refractivity contribution in [2.75, 3.05) is 25.0 Å². The molecule has 0 saturated heterocycles. The zero-order chi connectivity index (χ0) is 16.7. The molecule has 0 aromatic carbocycles. The minimum Gasteiger partial charge on any atom is -0.459 e. The van der Waals surface area contributed by atoms with Crippen LogP contribution in [0.4, 0.5) is 5.82 Å². The maximum Gasteiger partial charge on any atom is 0.320 e. The van der Waals surface area contributed by atoms with Gasteiger partial charge in [-0.3, -0.25) is 4.79 Å². The Kier molecular flexibility index (Phi) is 6.39. The average Bonchev–Trinajstić information content (AvgIpc) is 2.49. The number of esters is 1. The Balaban J connectivity index is 1.60. The molecule has 5 heteroatoms. The molecule has 0 amide bonds. The number of aryl methyl sites for hydroxylation is 2. The molecule has 0 spiro atoms. The fourth-order valence-electron chi connectivity index (χ4n) is 2.63. The van der Waals surface area contributed by atoms with E-state index < -0.39 is 5.60 Å². The van der Waals surface area contributed by atoms with Crippen LogP contribution in [0.2, 0.25) is 0 Å². The SMILES string of the molecule is CC(C)(C)OC(=O)CNCCCCc1ccc2c(n1)NCCC2. The van der Waals surface area contributed by atoms with Crippen LogP contribution in [0.25, 0.3) is 0 Å². The number of nitrogens with one attached hydrogen (secondary N) is 2. The Morgan fingerprint density at radius 3 is 2.96 bits per heavy atom. The molecule has 0 saturated carbocycles. The lowest BCUT2D eigenvalue weighted by Gasteiger charge is -2.19. The van der Waals surface area contributed by atoms with E-state index >= 15 is 0 Å². The van der Waals surface area contributed by atoms with Crippen molar-refractivity contribution < 1.29 is 9.53 Å². The van der Waals surface area contributed by atoms with Crippen molar-refractivity contribution in [2.24, 2.45) is 0 Å². The molecule has 1 aromatic heterocycles. The van der Waals surface area contributed by atoms with Crippen LogP contribution in [0.1, 0.15) is 51.3 Å². The molecule has 1 aliphatic rings. The van der Waals surface area contributed by atoms with Gasteiger partial charge in [-0.05, 0) is 71.0 Å². The number of carbonyl (C=O) groups excluding carboxylic acids is 1. The van der Waals surface area contributed by atoms with Gasteiger partial charge in [-0.25, -0.2) is 4.98 Å². The van der Waals surface area contributed by atoms with E-state index in [-0.39, 0.29) is 12.5 Å². The summed E-state index contributed by atoms with van der Waals surface area (Å²) in [6.45, 7) is 7.76. The van der Waals surface area contributed by atoms with Crippen LogP contribution < -0.4 is 10.6 Å². The summed E-state index contributed by atoms with van der Waals surface area (Å²) >= 11 is 0. The number of fused-ring (bicyclic) bond motifs is 1. The van der Waals surface area contributed by atoms with E-state index in [0.29, 0.717) is 0 Å². The molecular formula is C18H29N3O2. The summed E-state index contributed by atoms with van der Waals surface area (Å²) in [6.07, 6.45) is 5.38. The summed E-state index contributed by atoms with van der Waals surface area (Å²) < 4.78 is 5.25. The van der Waals surface area contributed by atoms with Gasteiger partial charge >= 0.3 is 5.97 Å². The smallest absolute Gasteiger partial charge is 0.320 e. The molecule has 0 bridgehead atoms. The molecule has 23 heavy (non-hydrogen) atoms. The fourth-order valence-corrected chi connectivity index (χ4v) is 2.63. The standard InChI is InChI=1S/C18H29N3O2/c1-18(2,3)23-16(22)13-19-11-5-4-8-15-10-9-14-7-6-12-20-17(14)21-15/h9-10,19H,4-8,11-13H2,1-3H3,(H,20,21). The number of nitrogens with zero attached hydrogens (tertiary/aromatic N) is 1. The molecule has 2 rings (SSSR count). The Labute approximate surface area is 139 Å². The molecule has 0 aliphatic carbocycles. The second-order valence-corrected chi connectivity index (χ2v) is 7.06. The second-order valence-electron chi connectivity index (χ2n) is 7.06. The van der Waals surface area contributed by atoms with E-state index in [9.17, 15) is 4.79 Å². The summed E-state index contributed by atoms with van der Waals surface area (Å²) in [5.74, 6) is 0.872. The molecule has 5 nitrogen and oxygen atoms in total. The number of unbranched alkanes of at least 4 members (excludes halogenated alkanes) is 1. The van der Waals surface area contributed by atoms with Crippen molar-refractivity contribution in [3.8, 4) is 0 Å². The molecule has 0 atom stereocenters. The number of rotatable bonds is 7. The molecule has 2 N–H and O–H groups in total. The summed E-state index contributed by atoms with van der Waals surface area (Å²) in [5, 5.41) is 6.51. The van der Waals surface area contributed by atoms with Gasteiger partial charge < -0.3 is 15.4 Å². The molecule has 2 heterocycles. The number of hydrogen-bond donors (Lipinski definition) is 2. The molecular weight excluding hydrogens is 290 g/mol. The highest BCUT2D eigenvalue weighted by Gasteiger charge is 2.15. The first-order chi connectivity index (χ1) is 10.9. The van der Waals surface area contributed by atoms with Crippen LogP contribution in [0, 0.1) is 0 Å². The van der Waals surface area contributed by atoms with Crippen LogP contribution in [0.15, 0.2) is 12.1 Å². The summed E-state index contributed by atoms with van der Waals surface area (Å²) in [7, 11) is 0. The van der Waals surface area contributed by atoms with Crippen molar-refractivity contribution in [1.29, 1.82) is 0 Å². The van der Waals surface area contributed by atoms with Gasteiger partial charge in [0.2, 0.25) is 0 Å². The van der Waals surface area contributed by atoms with Crippen LogP contribution in [-0.2, 0) is 22.4 Å². The molecule has 0 fully saturated rings. The van der Waals surface area contributed by atoms with Crippen LogP contribution in [0.3, 0.4) is 0 Å². The number of aromatic nitrogens is 1. The molecule has 0 unspecified atom stereocenters. The third kappa shape index (κ3) is 6.57. The van der Waals surface area contributed by atoms with Gasteiger partial charge in [0.1, 0.15) is 11.4 Å². The molecule has 0 radical (unpaired) electrons. The number of hydrogen-bond acceptors (Lipinski definition) is 5. The van der Waals surface area contributed by atoms with Crippen molar-refractivity contribution >= 4 is 11.8 Å². The third-order valence-corrected chi connectivity index (χ3v) is 3.68. The van der Waals surface area contributed by atoms with Crippen LogP contribution >= 0.6 is 0 Å². The minimum absolute atomic E-state index is 0.195. The lowest BCUT2D eigenvalue weighted by atomic mass is 10.1. The van der Waals surface area contributed by atoms with E-state index in [4.69, 9.17) is 9.72 Å². The normalized spacial score (nSPS) is 14.0. The van der Waals surface area contributed by atoms with Gasteiger partial charge in [0.15, 0.2) is 0 Å². The summed E-state index contributed by atoms with van der Waals surface area (Å²) in [6, 6.07) is 4.34. The fraction of sp³-hybridized carbons (Fsp3) is 0.667. The lowest BCUT2D eigenvalue weighted by Crippen LogP contribution is -2.31. The van der Waals surface area contributed by atoms with Crippen LogP contribution in [-0.4, -0.2) is 36.2 Å². The van der Waals surface area contributed by atoms with Crippen LogP contribution in [0.5, 0.6) is 0 Å². The third-order valence-electron chi connectivity index (χ3n) is 3.68. The van der Waals surface area contributed by atoms with Gasteiger partial charge in [0.05, 0.1) is 6.54 Å². The summed E-state index contributed by atoms with van der Waals surface area (Å²) in [4.78, 5) is 16.2. The van der Waals surface area contributed by atoms with E-state index in [2.05, 4.69) is 22.8 Å². The van der Waals surface area contributed by atoms with Gasteiger partial charge in [-0.1, -0.05) is 6.07 Å². The highest BCUT2D eigenvalue weighted by atomic mass is 16.6. The summed E-state index contributed by atoms with van der Waals surface area (Å²) in [5.41, 5.74) is 2.06. The zero-order valence-electron chi connectivity index (χ0n) is 14.6. The highest BCUT2D eigenvalue weighted by molar-refractivity contribution is 5.72. The number of anilines is 1. The Hall–Kier alpha value is -1.62. The predicted molar refractivity (Wildman–Crippen MR) is 92.7 cm³/mol. The van der Waals surface area contributed by atoms with Gasteiger partial charge in [-0.15, -0.1) is 0 Å². The van der Waals surface area contributed by atoms with E-state index in [1.54, 1.807) is 0 Å². The maximum absolute atomic E-state index is 11.5. The quantitative estimate of drug-likeness (QED) is 0.597. The minimum atomic E-state index is -0.412. The average molecular weight is 319 g/mol. The van der Waals surface area contributed by atoms with Gasteiger partial charge in [-0.2, -0.15) is 0 Å². The first-order valence-electron chi connectivity index (χ1n) is 8.59. The number of carbonyl (C=O) groups is 1. The van der Waals surface area contributed by atoms with Gasteiger partial charge in [0, 0.05) is 12.2 Å².